The first-order chi connectivity index (χ1) is 7.15. The summed E-state index contributed by atoms with van der Waals surface area (Å²) < 4.78 is 1.12. The lowest BCUT2D eigenvalue weighted by Crippen LogP contribution is -2.37. The fraction of sp³-hybridized carbons (Fsp3) is 0.364. The van der Waals surface area contributed by atoms with Crippen molar-refractivity contribution in [2.45, 2.75) is 13.0 Å². The third-order valence-corrected chi connectivity index (χ3v) is 3.13. The second-order valence-corrected chi connectivity index (χ2v) is 4.76. The van der Waals surface area contributed by atoms with E-state index in [1.807, 2.05) is 6.07 Å². The summed E-state index contributed by atoms with van der Waals surface area (Å²) in [5, 5.41) is 0. The van der Waals surface area contributed by atoms with E-state index in [2.05, 4.69) is 33.0 Å². The van der Waals surface area contributed by atoms with Crippen molar-refractivity contribution in [1.82, 2.24) is 4.90 Å². The Morgan fingerprint density at radius 3 is 3.00 bits per heavy atom. The summed E-state index contributed by atoms with van der Waals surface area (Å²) in [4.78, 5) is 12.9. The monoisotopic (exact) mass is 268 g/mol. The number of benzene rings is 1. The molecule has 1 heterocycles. The van der Waals surface area contributed by atoms with Gasteiger partial charge in [0, 0.05) is 17.6 Å². The van der Waals surface area contributed by atoms with Gasteiger partial charge in [-0.3, -0.25) is 9.69 Å². The zero-order valence-corrected chi connectivity index (χ0v) is 9.96. The summed E-state index contributed by atoms with van der Waals surface area (Å²) >= 11 is 3.46. The number of nitrogens with two attached hydrogens (primary N) is 1. The van der Waals surface area contributed by atoms with Gasteiger partial charge in [0.05, 0.1) is 6.54 Å². The van der Waals surface area contributed by atoms with Crippen molar-refractivity contribution in [3.63, 3.8) is 0 Å². The molecule has 0 aromatic heterocycles. The molecule has 2 N–H and O–H groups in total. The minimum Gasteiger partial charge on any atom is -0.369 e. The molecule has 0 bridgehead atoms. The fourth-order valence-corrected chi connectivity index (χ4v) is 2.34. The number of carbonyl (C=O) groups excluding carboxylic acids is 1. The predicted octanol–water partition coefficient (Wildman–Crippen LogP) is 1.29. The normalized spacial score (nSPS) is 16.1. The van der Waals surface area contributed by atoms with Crippen LogP contribution in [0.4, 0.5) is 0 Å². The van der Waals surface area contributed by atoms with E-state index in [0.717, 1.165) is 24.0 Å². The van der Waals surface area contributed by atoms with Crippen LogP contribution in [0, 0.1) is 0 Å². The second-order valence-electron chi connectivity index (χ2n) is 3.84. The molecule has 0 unspecified atom stereocenters. The molecule has 1 aromatic carbocycles. The zero-order valence-electron chi connectivity index (χ0n) is 8.37. The number of fused-ring (bicyclic) bond motifs is 1. The van der Waals surface area contributed by atoms with Gasteiger partial charge in [0.1, 0.15) is 0 Å². The van der Waals surface area contributed by atoms with Crippen molar-refractivity contribution in [1.29, 1.82) is 0 Å². The van der Waals surface area contributed by atoms with Crippen molar-refractivity contribution in [3.8, 4) is 0 Å². The van der Waals surface area contributed by atoms with Crippen LogP contribution in [0.25, 0.3) is 0 Å². The number of hydrogen-bond donors (Lipinski definition) is 1. The number of rotatable bonds is 2. The van der Waals surface area contributed by atoms with Gasteiger partial charge in [-0.2, -0.15) is 0 Å². The second kappa shape index (κ2) is 4.33. The molecular formula is C11H13BrN2O. The molecule has 2 rings (SSSR count). The van der Waals surface area contributed by atoms with Crippen molar-refractivity contribution in [2.75, 3.05) is 13.1 Å². The van der Waals surface area contributed by atoms with Crippen molar-refractivity contribution >= 4 is 21.8 Å². The molecule has 1 aliphatic rings. The van der Waals surface area contributed by atoms with Gasteiger partial charge in [-0.15, -0.1) is 0 Å². The van der Waals surface area contributed by atoms with Gasteiger partial charge in [-0.25, -0.2) is 0 Å². The van der Waals surface area contributed by atoms with Gasteiger partial charge in [-0.05, 0) is 29.7 Å². The van der Waals surface area contributed by atoms with E-state index in [1.54, 1.807) is 0 Å². The molecule has 0 atom stereocenters. The average molecular weight is 269 g/mol. The van der Waals surface area contributed by atoms with Crippen LogP contribution in [0.1, 0.15) is 11.1 Å². The van der Waals surface area contributed by atoms with Gasteiger partial charge in [0.25, 0.3) is 0 Å². The molecule has 0 radical (unpaired) electrons. The number of primary amides is 1. The fourth-order valence-electron chi connectivity index (χ4n) is 1.94. The Kier molecular flexibility index (Phi) is 3.07. The van der Waals surface area contributed by atoms with Crippen molar-refractivity contribution < 1.29 is 4.79 Å². The molecule has 0 saturated heterocycles. The molecule has 15 heavy (non-hydrogen) atoms. The van der Waals surface area contributed by atoms with E-state index in [4.69, 9.17) is 5.73 Å². The van der Waals surface area contributed by atoms with Crippen molar-refractivity contribution in [2.24, 2.45) is 5.73 Å². The number of nitrogens with zero attached hydrogens (tertiary/aromatic N) is 1. The molecule has 0 aliphatic carbocycles. The maximum absolute atomic E-state index is 10.8. The van der Waals surface area contributed by atoms with Crippen molar-refractivity contribution in [3.05, 3.63) is 33.8 Å². The number of amides is 1. The molecule has 0 spiro atoms. The Morgan fingerprint density at radius 2 is 2.27 bits per heavy atom. The van der Waals surface area contributed by atoms with Crippen LogP contribution < -0.4 is 5.73 Å². The summed E-state index contributed by atoms with van der Waals surface area (Å²) in [6.45, 7) is 2.09. The van der Waals surface area contributed by atoms with E-state index >= 15 is 0 Å². The maximum Gasteiger partial charge on any atom is 0.231 e. The smallest absolute Gasteiger partial charge is 0.231 e. The van der Waals surface area contributed by atoms with Crippen LogP contribution in [0.2, 0.25) is 0 Å². The standard InChI is InChI=1S/C11H13BrN2O/c12-10-2-1-9-6-14(7-11(13)15)4-3-8(9)5-10/h1-2,5H,3-4,6-7H2,(H2,13,15). The maximum atomic E-state index is 10.8. The number of hydrogen-bond acceptors (Lipinski definition) is 2. The van der Waals surface area contributed by atoms with Crippen LogP contribution in [0.15, 0.2) is 22.7 Å². The van der Waals surface area contributed by atoms with Crippen LogP contribution >= 0.6 is 15.9 Å². The zero-order chi connectivity index (χ0) is 10.8. The Hall–Kier alpha value is -0.870. The number of halogens is 1. The lowest BCUT2D eigenvalue weighted by Gasteiger charge is -2.27. The third-order valence-electron chi connectivity index (χ3n) is 2.64. The highest BCUT2D eigenvalue weighted by molar-refractivity contribution is 9.10. The van der Waals surface area contributed by atoms with E-state index in [0.29, 0.717) is 6.54 Å². The summed E-state index contributed by atoms with van der Waals surface area (Å²) in [5.74, 6) is -0.254. The third kappa shape index (κ3) is 2.58. The minimum absolute atomic E-state index is 0.254. The van der Waals surface area contributed by atoms with Crippen LogP contribution in [-0.2, 0) is 17.8 Å². The topological polar surface area (TPSA) is 46.3 Å². The summed E-state index contributed by atoms with van der Waals surface area (Å²) in [7, 11) is 0. The molecular weight excluding hydrogens is 256 g/mol. The van der Waals surface area contributed by atoms with Gasteiger partial charge in [0.2, 0.25) is 5.91 Å². The van der Waals surface area contributed by atoms with Gasteiger partial charge in [0.15, 0.2) is 0 Å². The average Bonchev–Trinajstić information content (AvgIpc) is 2.17. The predicted molar refractivity (Wildman–Crippen MR) is 62.3 cm³/mol. The van der Waals surface area contributed by atoms with E-state index in [-0.39, 0.29) is 5.91 Å². The number of carbonyl (C=O) groups is 1. The summed E-state index contributed by atoms with van der Waals surface area (Å²) in [6.07, 6.45) is 0.988. The lowest BCUT2D eigenvalue weighted by atomic mass is 10.00. The molecule has 1 aromatic rings. The van der Waals surface area contributed by atoms with Crippen LogP contribution in [0.3, 0.4) is 0 Å². The SMILES string of the molecule is NC(=O)CN1CCc2cc(Br)ccc2C1. The summed E-state index contributed by atoms with van der Waals surface area (Å²) in [6, 6.07) is 6.29. The van der Waals surface area contributed by atoms with E-state index < -0.39 is 0 Å². The molecule has 1 amide bonds. The van der Waals surface area contributed by atoms with Crippen LogP contribution in [-0.4, -0.2) is 23.9 Å². The highest BCUT2D eigenvalue weighted by Gasteiger charge is 2.17. The first-order valence-corrected chi connectivity index (χ1v) is 5.72. The highest BCUT2D eigenvalue weighted by atomic mass is 79.9. The molecule has 3 nitrogen and oxygen atoms in total. The Morgan fingerprint density at radius 1 is 1.47 bits per heavy atom. The largest absolute Gasteiger partial charge is 0.369 e. The lowest BCUT2D eigenvalue weighted by molar-refractivity contribution is -0.119. The summed E-state index contributed by atoms with van der Waals surface area (Å²) in [5.41, 5.74) is 7.84. The molecule has 80 valence electrons. The first kappa shape index (κ1) is 10.6. The van der Waals surface area contributed by atoms with Crippen LogP contribution in [0.5, 0.6) is 0 Å². The Balaban J connectivity index is 2.13. The molecule has 1 aliphatic heterocycles. The Labute approximate surface area is 97.4 Å². The molecule has 4 heteroatoms. The van der Waals surface area contributed by atoms with Gasteiger partial charge < -0.3 is 5.73 Å². The van der Waals surface area contributed by atoms with Gasteiger partial charge in [-0.1, -0.05) is 22.0 Å². The Bertz CT molecular complexity index is 392. The van der Waals surface area contributed by atoms with Gasteiger partial charge >= 0.3 is 0 Å². The minimum atomic E-state index is -0.254. The van der Waals surface area contributed by atoms with E-state index in [9.17, 15) is 4.79 Å². The quantitative estimate of drug-likeness (QED) is 0.879. The molecule has 0 saturated carbocycles. The molecule has 0 fully saturated rings. The highest BCUT2D eigenvalue weighted by Crippen LogP contribution is 2.22. The van der Waals surface area contributed by atoms with E-state index in [1.165, 1.54) is 11.1 Å². The first-order valence-electron chi connectivity index (χ1n) is 4.93.